The molecular formula is C22H43NO2. The second-order valence-electron chi connectivity index (χ2n) is 7.78. The first kappa shape index (κ1) is 24.3. The molecule has 0 atom stereocenters. The summed E-state index contributed by atoms with van der Waals surface area (Å²) in [5.74, 6) is -0.432. The Morgan fingerprint density at radius 1 is 0.560 bits per heavy atom. The van der Waals surface area contributed by atoms with Crippen LogP contribution in [-0.2, 0) is 9.59 Å². The Balaban J connectivity index is 3.21. The standard InChI is InChI=1S/C22H43NO2/c1-4-5-6-7-8-9-10-11-12-13-14-15-16-17-18-19-21(24)22(25)20-23(2)3/h4-20H2,1-3H3. The molecule has 0 radical (unpaired) electrons. The van der Waals surface area contributed by atoms with Gasteiger partial charge in [-0.1, -0.05) is 96.8 Å². The van der Waals surface area contributed by atoms with Crippen LogP contribution in [0.5, 0.6) is 0 Å². The van der Waals surface area contributed by atoms with E-state index in [0.717, 1.165) is 12.8 Å². The normalized spacial score (nSPS) is 11.2. The van der Waals surface area contributed by atoms with Gasteiger partial charge in [-0.25, -0.2) is 0 Å². The number of carbonyl (C=O) groups is 2. The zero-order valence-electron chi connectivity index (χ0n) is 17.3. The van der Waals surface area contributed by atoms with Gasteiger partial charge in [-0.05, 0) is 20.5 Å². The Bertz CT molecular complexity index is 326. The summed E-state index contributed by atoms with van der Waals surface area (Å²) in [5, 5.41) is 0. The molecule has 3 nitrogen and oxygen atoms in total. The SMILES string of the molecule is CCCCCCCCCCCCCCCCCC(=O)C(=O)CN(C)C. The van der Waals surface area contributed by atoms with Gasteiger partial charge in [0.2, 0.25) is 5.78 Å². The van der Waals surface area contributed by atoms with E-state index >= 15 is 0 Å². The van der Waals surface area contributed by atoms with Gasteiger partial charge in [0.25, 0.3) is 0 Å². The van der Waals surface area contributed by atoms with Gasteiger partial charge in [0.15, 0.2) is 5.78 Å². The molecule has 0 aromatic heterocycles. The van der Waals surface area contributed by atoms with Gasteiger partial charge in [-0.2, -0.15) is 0 Å². The Kier molecular flexibility index (Phi) is 17.6. The van der Waals surface area contributed by atoms with Crippen molar-refractivity contribution in [1.29, 1.82) is 0 Å². The molecule has 3 heteroatoms. The molecular weight excluding hydrogens is 310 g/mol. The van der Waals surface area contributed by atoms with Crippen LogP contribution in [0.25, 0.3) is 0 Å². The number of nitrogens with zero attached hydrogens (tertiary/aromatic N) is 1. The first-order chi connectivity index (χ1) is 12.1. The summed E-state index contributed by atoms with van der Waals surface area (Å²) in [6.07, 6.45) is 20.2. The van der Waals surface area contributed by atoms with Crippen molar-refractivity contribution < 1.29 is 9.59 Å². The average Bonchev–Trinajstić information content (AvgIpc) is 2.57. The lowest BCUT2D eigenvalue weighted by Crippen LogP contribution is -2.27. The van der Waals surface area contributed by atoms with Crippen molar-refractivity contribution in [2.24, 2.45) is 0 Å². The molecule has 0 spiro atoms. The highest BCUT2D eigenvalue weighted by atomic mass is 16.2. The number of Topliss-reactive ketones (excluding diaryl/α,β-unsaturated/α-hetero) is 2. The topological polar surface area (TPSA) is 37.4 Å². The first-order valence-corrected chi connectivity index (χ1v) is 10.8. The number of hydrogen-bond acceptors (Lipinski definition) is 3. The largest absolute Gasteiger partial charge is 0.302 e. The van der Waals surface area contributed by atoms with E-state index in [1.165, 1.54) is 83.5 Å². The van der Waals surface area contributed by atoms with Gasteiger partial charge in [0.1, 0.15) is 0 Å². The fourth-order valence-electron chi connectivity index (χ4n) is 3.17. The van der Waals surface area contributed by atoms with Crippen molar-refractivity contribution in [3.05, 3.63) is 0 Å². The van der Waals surface area contributed by atoms with Crippen LogP contribution in [0.1, 0.15) is 110 Å². The van der Waals surface area contributed by atoms with E-state index in [-0.39, 0.29) is 18.1 Å². The van der Waals surface area contributed by atoms with E-state index in [2.05, 4.69) is 6.92 Å². The molecule has 0 rings (SSSR count). The number of hydrogen-bond donors (Lipinski definition) is 0. The lowest BCUT2D eigenvalue weighted by molar-refractivity contribution is -0.137. The van der Waals surface area contributed by atoms with Gasteiger partial charge in [0, 0.05) is 6.42 Å². The summed E-state index contributed by atoms with van der Waals surface area (Å²) in [6.45, 7) is 2.52. The molecule has 0 aromatic carbocycles. The van der Waals surface area contributed by atoms with Crippen LogP contribution >= 0.6 is 0 Å². The molecule has 0 fully saturated rings. The van der Waals surface area contributed by atoms with Crippen LogP contribution in [0, 0.1) is 0 Å². The molecule has 0 aliphatic carbocycles. The maximum absolute atomic E-state index is 11.6. The van der Waals surface area contributed by atoms with E-state index in [1.54, 1.807) is 4.90 Å². The molecule has 0 aliphatic rings. The fourth-order valence-corrected chi connectivity index (χ4v) is 3.17. The summed E-state index contributed by atoms with van der Waals surface area (Å²) in [5.41, 5.74) is 0. The Hall–Kier alpha value is -0.700. The molecule has 148 valence electrons. The minimum Gasteiger partial charge on any atom is -0.302 e. The smallest absolute Gasteiger partial charge is 0.212 e. The molecule has 0 saturated carbocycles. The van der Waals surface area contributed by atoms with E-state index in [4.69, 9.17) is 0 Å². The maximum Gasteiger partial charge on any atom is 0.212 e. The second-order valence-corrected chi connectivity index (χ2v) is 7.78. The van der Waals surface area contributed by atoms with E-state index in [1.807, 2.05) is 14.1 Å². The molecule has 0 N–H and O–H groups in total. The van der Waals surface area contributed by atoms with Crippen molar-refractivity contribution in [3.8, 4) is 0 Å². The lowest BCUT2D eigenvalue weighted by Gasteiger charge is -2.07. The molecule has 0 aliphatic heterocycles. The third-order valence-corrected chi connectivity index (χ3v) is 4.78. The zero-order valence-corrected chi connectivity index (χ0v) is 17.3. The highest BCUT2D eigenvalue weighted by molar-refractivity contribution is 6.37. The van der Waals surface area contributed by atoms with Crippen molar-refractivity contribution in [1.82, 2.24) is 4.90 Å². The predicted octanol–water partition coefficient (Wildman–Crippen LogP) is 5.95. The molecule has 0 bridgehead atoms. The minimum absolute atomic E-state index is 0.191. The average molecular weight is 354 g/mol. The van der Waals surface area contributed by atoms with Crippen LogP contribution < -0.4 is 0 Å². The highest BCUT2D eigenvalue weighted by Gasteiger charge is 2.13. The van der Waals surface area contributed by atoms with E-state index in [9.17, 15) is 9.59 Å². The van der Waals surface area contributed by atoms with Gasteiger partial charge in [-0.3, -0.25) is 9.59 Å². The number of rotatable bonds is 19. The Morgan fingerprint density at radius 2 is 0.920 bits per heavy atom. The van der Waals surface area contributed by atoms with Crippen molar-refractivity contribution in [3.63, 3.8) is 0 Å². The third-order valence-electron chi connectivity index (χ3n) is 4.78. The number of ketones is 2. The third kappa shape index (κ3) is 17.9. The maximum atomic E-state index is 11.6. The summed E-state index contributed by atoms with van der Waals surface area (Å²) < 4.78 is 0. The van der Waals surface area contributed by atoms with Crippen molar-refractivity contribution >= 4 is 11.6 Å². The second kappa shape index (κ2) is 18.1. The highest BCUT2D eigenvalue weighted by Crippen LogP contribution is 2.13. The molecule has 25 heavy (non-hydrogen) atoms. The number of unbranched alkanes of at least 4 members (excludes halogenated alkanes) is 14. The van der Waals surface area contributed by atoms with Crippen molar-refractivity contribution in [2.75, 3.05) is 20.6 Å². The predicted molar refractivity (Wildman–Crippen MR) is 108 cm³/mol. The van der Waals surface area contributed by atoms with Gasteiger partial charge < -0.3 is 4.90 Å². The van der Waals surface area contributed by atoms with Gasteiger partial charge in [0.05, 0.1) is 6.54 Å². The first-order valence-electron chi connectivity index (χ1n) is 10.8. The Morgan fingerprint density at radius 3 is 1.28 bits per heavy atom. The van der Waals surface area contributed by atoms with Crippen molar-refractivity contribution in [2.45, 2.75) is 110 Å². The minimum atomic E-state index is -0.240. The Labute approximate surface area is 156 Å². The van der Waals surface area contributed by atoms with Crippen LogP contribution in [0.4, 0.5) is 0 Å². The zero-order chi connectivity index (χ0) is 18.8. The van der Waals surface area contributed by atoms with Crippen LogP contribution in [-0.4, -0.2) is 37.1 Å². The van der Waals surface area contributed by atoms with E-state index < -0.39 is 0 Å². The monoisotopic (exact) mass is 353 g/mol. The number of carbonyl (C=O) groups excluding carboxylic acids is 2. The van der Waals surface area contributed by atoms with Crippen LogP contribution in [0.3, 0.4) is 0 Å². The van der Waals surface area contributed by atoms with Gasteiger partial charge in [-0.15, -0.1) is 0 Å². The summed E-state index contributed by atoms with van der Waals surface area (Å²) in [4.78, 5) is 24.9. The fraction of sp³-hybridized carbons (Fsp3) is 0.909. The van der Waals surface area contributed by atoms with Crippen LogP contribution in [0.2, 0.25) is 0 Å². The molecule has 0 aromatic rings. The summed E-state index contributed by atoms with van der Waals surface area (Å²) in [6, 6.07) is 0. The van der Waals surface area contributed by atoms with Gasteiger partial charge >= 0.3 is 0 Å². The quantitative estimate of drug-likeness (QED) is 0.213. The van der Waals surface area contributed by atoms with E-state index in [0.29, 0.717) is 6.42 Å². The number of likely N-dealkylation sites (N-methyl/N-ethyl adjacent to an activating group) is 1. The summed E-state index contributed by atoms with van der Waals surface area (Å²) >= 11 is 0. The molecule has 0 heterocycles. The van der Waals surface area contributed by atoms with Crippen LogP contribution in [0.15, 0.2) is 0 Å². The molecule has 0 amide bonds. The molecule has 0 saturated heterocycles. The molecule has 0 unspecified atom stereocenters. The lowest BCUT2D eigenvalue weighted by atomic mass is 10.0. The summed E-state index contributed by atoms with van der Waals surface area (Å²) in [7, 11) is 3.64.